The van der Waals surface area contributed by atoms with Crippen LogP contribution in [0, 0.1) is 0 Å². The van der Waals surface area contributed by atoms with Crippen LogP contribution in [0.4, 0.5) is 0 Å². The van der Waals surface area contributed by atoms with Crippen molar-refractivity contribution in [1.82, 2.24) is 4.98 Å². The molecule has 9 heteroatoms. The molecule has 0 aliphatic rings. The Bertz CT molecular complexity index is 332. The summed E-state index contributed by atoms with van der Waals surface area (Å²) in [5.41, 5.74) is 0. The van der Waals surface area contributed by atoms with Gasteiger partial charge in [0.1, 0.15) is 0 Å². The quantitative estimate of drug-likeness (QED) is 0.427. The first-order chi connectivity index (χ1) is 9.68. The highest BCUT2D eigenvalue weighted by Crippen LogP contribution is 2.23. The van der Waals surface area contributed by atoms with Gasteiger partial charge in [0.25, 0.3) is 8.48 Å². The second kappa shape index (κ2) is 8.86. The van der Waals surface area contributed by atoms with Crippen molar-refractivity contribution in [1.29, 1.82) is 0 Å². The van der Waals surface area contributed by atoms with Gasteiger partial charge in [-0.3, -0.25) is 0 Å². The predicted octanol–water partition coefficient (Wildman–Crippen LogP) is 3.59. The average Bonchev–Trinajstić information content (AvgIpc) is 2.16. The molecule has 0 rings (SSSR count). The summed E-state index contributed by atoms with van der Waals surface area (Å²) in [6, 6.07) is 1.42. The molecule has 0 unspecified atom stereocenters. The van der Waals surface area contributed by atoms with E-state index >= 15 is 0 Å². The molecule has 0 saturated carbocycles. The largest absolute Gasteiger partial charge is 0.437 e. The first-order valence-corrected chi connectivity index (χ1v) is 22.9. The van der Waals surface area contributed by atoms with Crippen LogP contribution in [0.15, 0.2) is 0 Å². The van der Waals surface area contributed by atoms with Crippen LogP contribution in [0.1, 0.15) is 6.42 Å². The van der Waals surface area contributed by atoms with E-state index in [0.29, 0.717) is 0 Å². The maximum absolute atomic E-state index is 6.48. The normalized spacial score (nSPS) is 15.0. The summed E-state index contributed by atoms with van der Waals surface area (Å²) in [6.07, 6.45) is 1.28. The summed E-state index contributed by atoms with van der Waals surface area (Å²) in [6.45, 7) is 23.2. The van der Waals surface area contributed by atoms with Gasteiger partial charge in [0.05, 0.1) is 0 Å². The van der Waals surface area contributed by atoms with Gasteiger partial charge in [-0.25, -0.2) is 0 Å². The molecule has 134 valence electrons. The van der Waals surface area contributed by atoms with E-state index in [2.05, 4.69) is 70.5 Å². The van der Waals surface area contributed by atoms with Crippen LogP contribution in [0.25, 0.3) is 0 Å². The molecule has 0 aliphatic heterocycles. The lowest BCUT2D eigenvalue weighted by Crippen LogP contribution is -2.60. The van der Waals surface area contributed by atoms with Crippen LogP contribution in [0.2, 0.25) is 71.5 Å². The molecule has 0 aromatic heterocycles. The Morgan fingerprint density at radius 1 is 0.773 bits per heavy atom. The minimum atomic E-state index is -2.18. The molecule has 0 radical (unpaired) electrons. The second-order valence-corrected chi connectivity index (χ2v) is 25.7. The fourth-order valence-corrected chi connectivity index (χ4v) is 21.2. The van der Waals surface area contributed by atoms with Crippen LogP contribution < -0.4 is 4.98 Å². The Morgan fingerprint density at radius 3 is 1.73 bits per heavy atom. The second-order valence-electron chi connectivity index (χ2n) is 8.36. The van der Waals surface area contributed by atoms with Gasteiger partial charge < -0.3 is 17.3 Å². The Balaban J connectivity index is 4.53. The van der Waals surface area contributed by atoms with Gasteiger partial charge in [-0.2, -0.15) is 0 Å². The summed E-state index contributed by atoms with van der Waals surface area (Å²) in [5, 5.41) is 0. The number of hydrogen-bond donors (Lipinski definition) is 1. The number of hydrogen-bond acceptors (Lipinski definition) is 4. The van der Waals surface area contributed by atoms with Crippen LogP contribution in [0.3, 0.4) is 0 Å². The van der Waals surface area contributed by atoms with Gasteiger partial charge in [-0.1, -0.05) is 12.6 Å². The zero-order chi connectivity index (χ0) is 17.7. The van der Waals surface area contributed by atoms with Crippen molar-refractivity contribution >= 4 is 43.4 Å². The van der Waals surface area contributed by atoms with E-state index in [1.165, 1.54) is 12.5 Å². The van der Waals surface area contributed by atoms with E-state index in [-0.39, 0.29) is 9.52 Å². The summed E-state index contributed by atoms with van der Waals surface area (Å²) in [5.74, 6) is 0. The lowest BCUT2D eigenvalue weighted by atomic mass is 10.5. The predicted molar refractivity (Wildman–Crippen MR) is 111 cm³/mol. The summed E-state index contributed by atoms with van der Waals surface area (Å²) in [7, 11) is -7.55. The van der Waals surface area contributed by atoms with Crippen LogP contribution in [-0.4, -0.2) is 50.0 Å². The highest BCUT2D eigenvalue weighted by atomic mass is 28.5. The van der Waals surface area contributed by atoms with E-state index < -0.39 is 33.9 Å². The monoisotopic (exact) mass is 397 g/mol. The zero-order valence-corrected chi connectivity index (χ0v) is 22.0. The van der Waals surface area contributed by atoms with Gasteiger partial charge in [0, 0.05) is 9.52 Å². The molecular weight excluding hydrogens is 359 g/mol. The molecule has 0 aliphatic carbocycles. The molecule has 0 fully saturated rings. The van der Waals surface area contributed by atoms with Gasteiger partial charge >= 0.3 is 17.1 Å². The molecule has 0 aromatic carbocycles. The van der Waals surface area contributed by atoms with Gasteiger partial charge in [-0.15, -0.1) is 0 Å². The third-order valence-electron chi connectivity index (χ3n) is 2.88. The Kier molecular flexibility index (Phi) is 9.23. The van der Waals surface area contributed by atoms with Crippen molar-refractivity contribution in [2.75, 3.05) is 6.54 Å². The first-order valence-electron chi connectivity index (χ1n) is 8.54. The zero-order valence-electron chi connectivity index (χ0n) is 16.6. The molecule has 0 bridgehead atoms. The Morgan fingerprint density at radius 2 is 1.27 bits per heavy atom. The maximum atomic E-state index is 6.48. The standard InChI is InChI=1S/C13H39NO3Si5/c1-18-13-11-12-14-20(5,6)16-22(9,10)17-21(7,8)15-19(2,3)4/h14H,11-13,18H2,1-10H3. The van der Waals surface area contributed by atoms with Crippen molar-refractivity contribution in [2.24, 2.45) is 0 Å². The van der Waals surface area contributed by atoms with Crippen molar-refractivity contribution in [3.05, 3.63) is 0 Å². The van der Waals surface area contributed by atoms with Crippen LogP contribution in [0.5, 0.6) is 0 Å². The van der Waals surface area contributed by atoms with Crippen molar-refractivity contribution < 1.29 is 12.3 Å². The number of rotatable bonds is 11. The number of nitrogens with one attached hydrogen (secondary N) is 1. The highest BCUT2D eigenvalue weighted by Gasteiger charge is 2.42. The van der Waals surface area contributed by atoms with Crippen molar-refractivity contribution in [3.63, 3.8) is 0 Å². The molecule has 1 N–H and O–H groups in total. The molecule has 0 spiro atoms. The van der Waals surface area contributed by atoms with E-state index in [0.717, 1.165) is 6.54 Å². The molecule has 0 atom stereocenters. The summed E-state index contributed by atoms with van der Waals surface area (Å²) < 4.78 is 19.2. The molecule has 0 aromatic rings. The molecule has 22 heavy (non-hydrogen) atoms. The van der Waals surface area contributed by atoms with Crippen molar-refractivity contribution in [2.45, 2.75) is 77.9 Å². The fraction of sp³-hybridized carbons (Fsp3) is 1.00. The Hall–Kier alpha value is 0.924. The first kappa shape index (κ1) is 22.9. The smallest absolute Gasteiger partial charge is 0.313 e. The third kappa shape index (κ3) is 12.4. The van der Waals surface area contributed by atoms with Crippen molar-refractivity contribution in [3.8, 4) is 0 Å². The molecular formula is C13H39NO3Si5. The average molecular weight is 398 g/mol. The minimum Gasteiger partial charge on any atom is -0.437 e. The highest BCUT2D eigenvalue weighted by molar-refractivity contribution is 6.88. The Labute approximate surface area is 145 Å². The lowest BCUT2D eigenvalue weighted by molar-refractivity contribution is 0.326. The molecule has 4 nitrogen and oxygen atoms in total. The van der Waals surface area contributed by atoms with Gasteiger partial charge in [-0.05, 0) is 71.9 Å². The van der Waals surface area contributed by atoms with E-state index in [4.69, 9.17) is 12.3 Å². The fourth-order valence-electron chi connectivity index (χ4n) is 2.79. The molecule has 0 saturated heterocycles. The minimum absolute atomic E-state index is 0.188. The van der Waals surface area contributed by atoms with E-state index in [9.17, 15) is 0 Å². The van der Waals surface area contributed by atoms with Crippen LogP contribution in [-0.2, 0) is 12.3 Å². The van der Waals surface area contributed by atoms with E-state index in [1.54, 1.807) is 0 Å². The maximum Gasteiger partial charge on any atom is 0.313 e. The van der Waals surface area contributed by atoms with Gasteiger partial charge in [0.2, 0.25) is 0 Å². The summed E-state index contributed by atoms with van der Waals surface area (Å²) in [4.78, 5) is 3.66. The third-order valence-corrected chi connectivity index (χ3v) is 17.5. The summed E-state index contributed by atoms with van der Waals surface area (Å²) >= 11 is 0. The van der Waals surface area contributed by atoms with Gasteiger partial charge in [0.15, 0.2) is 8.32 Å². The van der Waals surface area contributed by atoms with Crippen LogP contribution >= 0.6 is 0 Å². The topological polar surface area (TPSA) is 39.7 Å². The SMILES string of the molecule is C[SiH2]CCCN[Si](C)(C)O[Si](C)(C)O[Si](C)(C)O[Si](C)(C)C. The van der Waals surface area contributed by atoms with E-state index in [1.807, 2.05) is 0 Å². The molecule has 0 heterocycles. The lowest BCUT2D eigenvalue weighted by Gasteiger charge is -2.40. The molecule has 0 amide bonds.